The highest BCUT2D eigenvalue weighted by Gasteiger charge is 2.17. The first-order valence-corrected chi connectivity index (χ1v) is 10.7. The van der Waals surface area contributed by atoms with Crippen molar-refractivity contribution < 1.29 is 5.11 Å². The number of imidazole rings is 1. The SMILES string of the molecule is Cc1ccc(Nc2ccc3c(c2)ncn3-c2ccc(C(C)O)c(-n3nc(C)cc3C)n2)nn1. The van der Waals surface area contributed by atoms with Gasteiger partial charge in [0.25, 0.3) is 0 Å². The Morgan fingerprint density at radius 3 is 2.48 bits per heavy atom. The van der Waals surface area contributed by atoms with Gasteiger partial charge in [-0.15, -0.1) is 5.10 Å². The van der Waals surface area contributed by atoms with Crippen molar-refractivity contribution in [2.45, 2.75) is 33.8 Å². The lowest BCUT2D eigenvalue weighted by molar-refractivity contribution is 0.198. The molecule has 1 atom stereocenters. The van der Waals surface area contributed by atoms with Crippen molar-refractivity contribution in [1.29, 1.82) is 0 Å². The smallest absolute Gasteiger partial charge is 0.161 e. The molecule has 5 rings (SSSR count). The standard InChI is InChI=1S/C24H24N8O/c1-14-5-9-22(29-28-14)26-18-6-8-21-20(12-18)25-13-31(21)23-10-7-19(17(4)33)24(27-23)32-16(3)11-15(2)30-32/h5-13,17,33H,1-4H3,(H,26,29). The second-order valence-corrected chi connectivity index (χ2v) is 8.10. The predicted octanol–water partition coefficient (Wildman–Crippen LogP) is 4.12. The molecule has 0 radical (unpaired) electrons. The van der Waals surface area contributed by atoms with E-state index in [0.29, 0.717) is 23.0 Å². The van der Waals surface area contributed by atoms with Gasteiger partial charge in [0.2, 0.25) is 0 Å². The van der Waals surface area contributed by atoms with Gasteiger partial charge in [-0.1, -0.05) is 0 Å². The monoisotopic (exact) mass is 440 g/mol. The fourth-order valence-corrected chi connectivity index (χ4v) is 3.81. The lowest BCUT2D eigenvalue weighted by Crippen LogP contribution is -2.10. The summed E-state index contributed by atoms with van der Waals surface area (Å²) >= 11 is 0. The van der Waals surface area contributed by atoms with Crippen molar-refractivity contribution in [3.05, 3.63) is 77.5 Å². The molecular formula is C24H24N8O. The second kappa shape index (κ2) is 8.10. The number of nitrogens with zero attached hydrogens (tertiary/aromatic N) is 7. The molecule has 0 fully saturated rings. The molecule has 0 bridgehead atoms. The van der Waals surface area contributed by atoms with Crippen LogP contribution in [0, 0.1) is 20.8 Å². The van der Waals surface area contributed by atoms with E-state index in [2.05, 4.69) is 25.6 Å². The summed E-state index contributed by atoms with van der Waals surface area (Å²) in [6, 6.07) is 15.5. The van der Waals surface area contributed by atoms with E-state index in [0.717, 1.165) is 33.8 Å². The quantitative estimate of drug-likeness (QED) is 0.423. The molecule has 0 saturated carbocycles. The topological polar surface area (TPSA) is 107 Å². The van der Waals surface area contributed by atoms with Crippen molar-refractivity contribution in [3.63, 3.8) is 0 Å². The zero-order valence-corrected chi connectivity index (χ0v) is 18.9. The minimum atomic E-state index is -0.677. The number of aliphatic hydroxyl groups excluding tert-OH is 1. The van der Waals surface area contributed by atoms with Gasteiger partial charge < -0.3 is 10.4 Å². The van der Waals surface area contributed by atoms with Crippen molar-refractivity contribution in [2.75, 3.05) is 5.32 Å². The predicted molar refractivity (Wildman–Crippen MR) is 126 cm³/mol. The molecule has 0 aliphatic heterocycles. The first-order valence-electron chi connectivity index (χ1n) is 10.7. The van der Waals surface area contributed by atoms with E-state index in [-0.39, 0.29) is 0 Å². The maximum Gasteiger partial charge on any atom is 0.161 e. The summed E-state index contributed by atoms with van der Waals surface area (Å²) in [6.45, 7) is 7.54. The van der Waals surface area contributed by atoms with Gasteiger partial charge in [-0.3, -0.25) is 4.57 Å². The maximum atomic E-state index is 10.3. The van der Waals surface area contributed by atoms with Gasteiger partial charge in [0.05, 0.1) is 28.5 Å². The van der Waals surface area contributed by atoms with Crippen LogP contribution in [0.1, 0.15) is 35.7 Å². The van der Waals surface area contributed by atoms with Crippen LogP contribution in [0.4, 0.5) is 11.5 Å². The zero-order chi connectivity index (χ0) is 23.1. The van der Waals surface area contributed by atoms with E-state index >= 15 is 0 Å². The Morgan fingerprint density at radius 2 is 1.79 bits per heavy atom. The van der Waals surface area contributed by atoms with Crippen LogP contribution in [-0.4, -0.2) is 39.6 Å². The molecule has 0 spiro atoms. The number of hydrogen-bond donors (Lipinski definition) is 2. The molecule has 0 amide bonds. The van der Waals surface area contributed by atoms with Gasteiger partial charge in [0.15, 0.2) is 11.6 Å². The Labute approximate surface area is 190 Å². The number of fused-ring (bicyclic) bond motifs is 1. The minimum absolute atomic E-state index is 0.603. The first kappa shape index (κ1) is 20.8. The highest BCUT2D eigenvalue weighted by molar-refractivity contribution is 5.82. The summed E-state index contributed by atoms with van der Waals surface area (Å²) in [4.78, 5) is 9.43. The molecule has 1 aromatic carbocycles. The van der Waals surface area contributed by atoms with E-state index in [9.17, 15) is 5.11 Å². The minimum Gasteiger partial charge on any atom is -0.389 e. The number of rotatable bonds is 5. The molecule has 0 saturated heterocycles. The van der Waals surface area contributed by atoms with Crippen LogP contribution in [0.5, 0.6) is 0 Å². The highest BCUT2D eigenvalue weighted by atomic mass is 16.3. The number of pyridine rings is 1. The molecule has 4 aromatic heterocycles. The third kappa shape index (κ3) is 3.94. The number of benzene rings is 1. The second-order valence-electron chi connectivity index (χ2n) is 8.10. The van der Waals surface area contributed by atoms with E-state index in [1.54, 1.807) is 17.9 Å². The van der Waals surface area contributed by atoms with Crippen molar-refractivity contribution in [2.24, 2.45) is 0 Å². The van der Waals surface area contributed by atoms with Crippen LogP contribution in [0.25, 0.3) is 22.7 Å². The molecule has 0 aliphatic carbocycles. The molecule has 33 heavy (non-hydrogen) atoms. The van der Waals surface area contributed by atoms with Crippen LogP contribution in [0.15, 0.2) is 54.9 Å². The largest absolute Gasteiger partial charge is 0.389 e. The van der Waals surface area contributed by atoms with Gasteiger partial charge in [-0.25, -0.2) is 14.6 Å². The Balaban J connectivity index is 1.54. The molecule has 9 heteroatoms. The molecular weight excluding hydrogens is 416 g/mol. The summed E-state index contributed by atoms with van der Waals surface area (Å²) in [5.74, 6) is 1.96. The molecule has 2 N–H and O–H groups in total. The van der Waals surface area contributed by atoms with Gasteiger partial charge in [0.1, 0.15) is 12.1 Å². The zero-order valence-electron chi connectivity index (χ0n) is 18.9. The molecule has 4 heterocycles. The van der Waals surface area contributed by atoms with E-state index in [1.807, 2.05) is 73.9 Å². The number of anilines is 2. The Hall–Kier alpha value is -4.11. The van der Waals surface area contributed by atoms with Crippen molar-refractivity contribution in [3.8, 4) is 11.6 Å². The summed E-state index contributed by atoms with van der Waals surface area (Å²) in [5.41, 5.74) is 6.00. The maximum absolute atomic E-state index is 10.3. The van der Waals surface area contributed by atoms with Gasteiger partial charge in [-0.05, 0) is 76.2 Å². The van der Waals surface area contributed by atoms with Crippen molar-refractivity contribution in [1.82, 2.24) is 34.5 Å². The normalized spacial score (nSPS) is 12.3. The van der Waals surface area contributed by atoms with Gasteiger partial charge >= 0.3 is 0 Å². The summed E-state index contributed by atoms with van der Waals surface area (Å²) in [5, 5.41) is 26.4. The fourth-order valence-electron chi connectivity index (χ4n) is 3.81. The average molecular weight is 441 g/mol. The van der Waals surface area contributed by atoms with Crippen LogP contribution < -0.4 is 5.32 Å². The Morgan fingerprint density at radius 1 is 0.939 bits per heavy atom. The van der Waals surface area contributed by atoms with E-state index in [4.69, 9.17) is 4.98 Å². The van der Waals surface area contributed by atoms with E-state index in [1.165, 1.54) is 0 Å². The molecule has 1 unspecified atom stereocenters. The number of aromatic nitrogens is 7. The van der Waals surface area contributed by atoms with E-state index < -0.39 is 6.10 Å². The van der Waals surface area contributed by atoms with Crippen LogP contribution in [0.3, 0.4) is 0 Å². The summed E-state index contributed by atoms with van der Waals surface area (Å²) in [7, 11) is 0. The first-order chi connectivity index (χ1) is 15.9. The van der Waals surface area contributed by atoms with Crippen LogP contribution in [0.2, 0.25) is 0 Å². The Bertz CT molecular complexity index is 1450. The Kier molecular flexibility index (Phi) is 5.10. The summed E-state index contributed by atoms with van der Waals surface area (Å²) in [6.07, 6.45) is 1.07. The van der Waals surface area contributed by atoms with Crippen LogP contribution >= 0.6 is 0 Å². The third-order valence-electron chi connectivity index (χ3n) is 5.42. The summed E-state index contributed by atoms with van der Waals surface area (Å²) < 4.78 is 3.69. The van der Waals surface area contributed by atoms with Gasteiger partial charge in [-0.2, -0.15) is 10.2 Å². The number of nitrogens with one attached hydrogen (secondary N) is 1. The van der Waals surface area contributed by atoms with Gasteiger partial charge in [0, 0.05) is 16.9 Å². The third-order valence-corrected chi connectivity index (χ3v) is 5.42. The van der Waals surface area contributed by atoms with Crippen molar-refractivity contribution >= 4 is 22.5 Å². The van der Waals surface area contributed by atoms with Crippen LogP contribution in [-0.2, 0) is 0 Å². The lowest BCUT2D eigenvalue weighted by Gasteiger charge is -2.15. The molecule has 0 aliphatic rings. The number of hydrogen-bond acceptors (Lipinski definition) is 7. The lowest BCUT2D eigenvalue weighted by atomic mass is 10.1. The number of aliphatic hydroxyl groups is 1. The number of aryl methyl sites for hydroxylation is 3. The molecule has 5 aromatic rings. The molecule has 166 valence electrons. The molecule has 9 nitrogen and oxygen atoms in total. The highest BCUT2D eigenvalue weighted by Crippen LogP contribution is 2.26. The average Bonchev–Trinajstić information content (AvgIpc) is 3.36. The fraction of sp³-hybridized carbons (Fsp3) is 0.208.